The van der Waals surface area contributed by atoms with Crippen molar-refractivity contribution in [2.24, 2.45) is 0 Å². The Morgan fingerprint density at radius 2 is 1.93 bits per heavy atom. The smallest absolute Gasteiger partial charge is 0.253 e. The van der Waals surface area contributed by atoms with Gasteiger partial charge < -0.3 is 15.2 Å². The van der Waals surface area contributed by atoms with Crippen LogP contribution in [0.5, 0.6) is 0 Å². The summed E-state index contributed by atoms with van der Waals surface area (Å²) in [6.45, 7) is 1.22. The van der Waals surface area contributed by atoms with E-state index in [0.29, 0.717) is 17.6 Å². The Balaban J connectivity index is 1.79. The second-order valence-corrected chi connectivity index (χ2v) is 7.09. The number of rotatable bonds is 2. The number of halogens is 2. The molecular formula is C20H18F2N4O. The van der Waals surface area contributed by atoms with Crippen LogP contribution in [0.4, 0.5) is 8.78 Å². The lowest BCUT2D eigenvalue weighted by Crippen LogP contribution is -2.29. The number of hydrogen-bond acceptors (Lipinski definition) is 3. The Hall–Kier alpha value is -2.80. The number of benzene rings is 2. The largest absolute Gasteiger partial charge is 0.350 e. The summed E-state index contributed by atoms with van der Waals surface area (Å²) in [6, 6.07) is 8.69. The summed E-state index contributed by atoms with van der Waals surface area (Å²) >= 11 is 0. The fourth-order valence-corrected chi connectivity index (χ4v) is 4.18. The van der Waals surface area contributed by atoms with Gasteiger partial charge in [0.2, 0.25) is 0 Å². The number of hydrogen-bond donors (Lipinski definition) is 2. The van der Waals surface area contributed by atoms with Gasteiger partial charge in [-0.3, -0.25) is 4.79 Å². The van der Waals surface area contributed by atoms with E-state index in [4.69, 9.17) is 4.98 Å². The zero-order valence-corrected chi connectivity index (χ0v) is 14.5. The third-order valence-electron chi connectivity index (χ3n) is 5.42. The van der Waals surface area contributed by atoms with Gasteiger partial charge in [-0.25, -0.2) is 13.8 Å². The summed E-state index contributed by atoms with van der Waals surface area (Å²) in [6.07, 6.45) is 1.96. The van der Waals surface area contributed by atoms with Crippen LogP contribution in [-0.2, 0) is 0 Å². The Morgan fingerprint density at radius 3 is 2.67 bits per heavy atom. The van der Waals surface area contributed by atoms with Crippen molar-refractivity contribution < 1.29 is 13.6 Å². The quantitative estimate of drug-likeness (QED) is 0.731. The summed E-state index contributed by atoms with van der Waals surface area (Å²) in [4.78, 5) is 17.3. The highest BCUT2D eigenvalue weighted by Crippen LogP contribution is 2.35. The molecule has 3 aromatic rings. The highest BCUT2D eigenvalue weighted by molar-refractivity contribution is 6.05. The number of aromatic nitrogens is 2. The molecule has 7 heteroatoms. The van der Waals surface area contributed by atoms with Crippen molar-refractivity contribution in [2.75, 3.05) is 13.1 Å². The standard InChI is InChI=1S/C20H18F2N4O/c21-12-5-3-11(4-6-12)17-10-24-20(27)14-8-13(22)9-16-18(14)26(17)19(25-16)15-2-1-7-23-15/h3-6,8-9,15,17,23H,1-2,7,10H2,(H,24,27)/t15-,17-/m1/s1. The van der Waals surface area contributed by atoms with Gasteiger partial charge in [-0.2, -0.15) is 0 Å². The number of nitrogens with zero attached hydrogens (tertiary/aromatic N) is 2. The van der Waals surface area contributed by atoms with Crippen LogP contribution >= 0.6 is 0 Å². The van der Waals surface area contributed by atoms with E-state index in [1.807, 2.05) is 4.57 Å². The summed E-state index contributed by atoms with van der Waals surface area (Å²) < 4.78 is 29.6. The highest BCUT2D eigenvalue weighted by Gasteiger charge is 2.32. The van der Waals surface area contributed by atoms with Crippen LogP contribution in [0.15, 0.2) is 36.4 Å². The van der Waals surface area contributed by atoms with Gasteiger partial charge in [0, 0.05) is 12.6 Å². The zero-order chi connectivity index (χ0) is 18.5. The molecule has 0 bridgehead atoms. The minimum Gasteiger partial charge on any atom is -0.350 e. The molecule has 2 aromatic carbocycles. The van der Waals surface area contributed by atoms with Gasteiger partial charge in [-0.05, 0) is 43.1 Å². The van der Waals surface area contributed by atoms with Gasteiger partial charge >= 0.3 is 0 Å². The maximum atomic E-state index is 14.1. The predicted octanol–water partition coefficient (Wildman–Crippen LogP) is 3.07. The first kappa shape index (κ1) is 16.4. The Bertz CT molecular complexity index is 1040. The SMILES string of the molecule is O=C1NC[C@H](c2ccc(F)cc2)n2c([C@H]3CCCN3)nc3cc(F)cc1c32. The lowest BCUT2D eigenvalue weighted by Gasteiger charge is -2.23. The Kier molecular flexibility index (Phi) is 3.72. The van der Waals surface area contributed by atoms with E-state index in [1.165, 1.54) is 24.3 Å². The monoisotopic (exact) mass is 368 g/mol. The van der Waals surface area contributed by atoms with E-state index in [-0.39, 0.29) is 29.4 Å². The molecule has 5 rings (SSSR count). The van der Waals surface area contributed by atoms with Crippen molar-refractivity contribution >= 4 is 16.9 Å². The average molecular weight is 368 g/mol. The molecule has 0 radical (unpaired) electrons. The zero-order valence-electron chi connectivity index (χ0n) is 14.5. The van der Waals surface area contributed by atoms with E-state index >= 15 is 0 Å². The summed E-state index contributed by atoms with van der Waals surface area (Å²) in [5, 5.41) is 6.31. The molecule has 0 saturated carbocycles. The molecule has 2 atom stereocenters. The molecular weight excluding hydrogens is 350 g/mol. The second kappa shape index (κ2) is 6.13. The van der Waals surface area contributed by atoms with Gasteiger partial charge in [-0.15, -0.1) is 0 Å². The number of imidazole rings is 1. The Morgan fingerprint density at radius 1 is 1.11 bits per heavy atom. The van der Waals surface area contributed by atoms with Crippen LogP contribution in [0.3, 0.4) is 0 Å². The number of nitrogens with one attached hydrogen (secondary N) is 2. The fraction of sp³-hybridized carbons (Fsp3) is 0.300. The van der Waals surface area contributed by atoms with E-state index < -0.39 is 5.82 Å². The third kappa shape index (κ3) is 2.61. The van der Waals surface area contributed by atoms with Crippen LogP contribution in [0.25, 0.3) is 11.0 Å². The first-order valence-electron chi connectivity index (χ1n) is 9.10. The van der Waals surface area contributed by atoms with Gasteiger partial charge in [0.1, 0.15) is 17.5 Å². The van der Waals surface area contributed by atoms with Crippen LogP contribution in [0.1, 0.15) is 46.7 Å². The minimum absolute atomic E-state index is 0.0458. The lowest BCUT2D eigenvalue weighted by atomic mass is 10.1. The maximum Gasteiger partial charge on any atom is 0.253 e. The van der Waals surface area contributed by atoms with Crippen molar-refractivity contribution in [2.45, 2.75) is 24.9 Å². The molecule has 0 unspecified atom stereocenters. The van der Waals surface area contributed by atoms with Crippen molar-refractivity contribution in [3.63, 3.8) is 0 Å². The molecule has 1 aromatic heterocycles. The first-order chi connectivity index (χ1) is 13.1. The van der Waals surface area contributed by atoms with Gasteiger partial charge in [0.25, 0.3) is 5.91 Å². The van der Waals surface area contributed by atoms with Gasteiger partial charge in [0.15, 0.2) is 0 Å². The van der Waals surface area contributed by atoms with Crippen molar-refractivity contribution in [1.82, 2.24) is 20.2 Å². The molecule has 0 aliphatic carbocycles. The van der Waals surface area contributed by atoms with E-state index in [9.17, 15) is 13.6 Å². The summed E-state index contributed by atoms with van der Waals surface area (Å²) in [5.74, 6) is -0.327. The second-order valence-electron chi connectivity index (χ2n) is 7.09. The molecule has 1 fully saturated rings. The van der Waals surface area contributed by atoms with Crippen LogP contribution in [-0.4, -0.2) is 28.5 Å². The average Bonchev–Trinajstić information content (AvgIpc) is 3.27. The maximum absolute atomic E-state index is 14.1. The molecule has 2 N–H and O–H groups in total. The van der Waals surface area contributed by atoms with E-state index in [0.717, 1.165) is 30.8 Å². The van der Waals surface area contributed by atoms with Crippen LogP contribution in [0, 0.1) is 11.6 Å². The lowest BCUT2D eigenvalue weighted by molar-refractivity contribution is 0.0954. The van der Waals surface area contributed by atoms with E-state index in [2.05, 4.69) is 10.6 Å². The molecule has 1 amide bonds. The topological polar surface area (TPSA) is 59.0 Å². The predicted molar refractivity (Wildman–Crippen MR) is 96.5 cm³/mol. The molecule has 0 spiro atoms. The third-order valence-corrected chi connectivity index (χ3v) is 5.42. The van der Waals surface area contributed by atoms with Crippen molar-refractivity contribution in [3.8, 4) is 0 Å². The minimum atomic E-state index is -0.483. The molecule has 27 heavy (non-hydrogen) atoms. The molecule has 2 aliphatic heterocycles. The fourth-order valence-electron chi connectivity index (χ4n) is 4.18. The number of carbonyl (C=O) groups is 1. The summed E-state index contributed by atoms with van der Waals surface area (Å²) in [5.41, 5.74) is 2.25. The Labute approximate surface area is 154 Å². The molecule has 5 nitrogen and oxygen atoms in total. The van der Waals surface area contributed by atoms with Crippen LogP contribution < -0.4 is 10.6 Å². The van der Waals surface area contributed by atoms with Crippen LogP contribution in [0.2, 0.25) is 0 Å². The summed E-state index contributed by atoms with van der Waals surface area (Å²) in [7, 11) is 0. The van der Waals surface area contributed by atoms with E-state index in [1.54, 1.807) is 12.1 Å². The number of amides is 1. The highest BCUT2D eigenvalue weighted by atomic mass is 19.1. The molecule has 3 heterocycles. The van der Waals surface area contributed by atoms with Crippen molar-refractivity contribution in [3.05, 3.63) is 65.0 Å². The molecule has 1 saturated heterocycles. The normalized spacial score (nSPS) is 22.1. The van der Waals surface area contributed by atoms with Crippen molar-refractivity contribution in [1.29, 1.82) is 0 Å². The van der Waals surface area contributed by atoms with Gasteiger partial charge in [0.05, 0.1) is 28.7 Å². The molecule has 2 aliphatic rings. The number of carbonyl (C=O) groups excluding carboxylic acids is 1. The first-order valence-corrected chi connectivity index (χ1v) is 9.10. The van der Waals surface area contributed by atoms with Gasteiger partial charge in [-0.1, -0.05) is 12.1 Å². The molecule has 138 valence electrons.